The molecule has 3 rings (SSSR count). The minimum absolute atomic E-state index is 0.0215. The van der Waals surface area contributed by atoms with Gasteiger partial charge in [0.15, 0.2) is 0 Å². The van der Waals surface area contributed by atoms with Gasteiger partial charge in [-0.3, -0.25) is 10.1 Å². The van der Waals surface area contributed by atoms with Gasteiger partial charge in [-0.2, -0.15) is 0 Å². The number of carbonyl (C=O) groups excluding carboxylic acids is 1. The summed E-state index contributed by atoms with van der Waals surface area (Å²) in [5.41, 5.74) is 0. The molecule has 1 N–H and O–H groups in total. The SMILES string of the molecule is CCCC1NC(c2cccs2)N(C2CCOC2C)C1=O. The van der Waals surface area contributed by atoms with Crippen molar-refractivity contribution in [1.82, 2.24) is 10.2 Å². The highest BCUT2D eigenvalue weighted by Crippen LogP contribution is 2.35. The maximum atomic E-state index is 12.7. The Morgan fingerprint density at radius 1 is 1.55 bits per heavy atom. The minimum Gasteiger partial charge on any atom is -0.376 e. The Balaban J connectivity index is 1.87. The number of rotatable bonds is 4. The number of amides is 1. The fourth-order valence-corrected chi connectivity index (χ4v) is 4.03. The van der Waals surface area contributed by atoms with Gasteiger partial charge in [-0.25, -0.2) is 0 Å². The van der Waals surface area contributed by atoms with Gasteiger partial charge in [-0.05, 0) is 31.2 Å². The number of hydrogen-bond acceptors (Lipinski definition) is 4. The molecule has 1 aromatic heterocycles. The molecule has 1 aromatic rings. The molecule has 0 saturated carbocycles. The van der Waals surface area contributed by atoms with Crippen LogP contribution in [0.1, 0.15) is 44.2 Å². The average molecular weight is 294 g/mol. The van der Waals surface area contributed by atoms with E-state index in [1.807, 2.05) is 11.0 Å². The molecule has 4 unspecified atom stereocenters. The summed E-state index contributed by atoms with van der Waals surface area (Å²) in [4.78, 5) is 16.0. The van der Waals surface area contributed by atoms with Crippen LogP contribution in [0.4, 0.5) is 0 Å². The van der Waals surface area contributed by atoms with Crippen molar-refractivity contribution in [2.75, 3.05) is 6.61 Å². The summed E-state index contributed by atoms with van der Waals surface area (Å²) in [5, 5.41) is 5.59. The summed E-state index contributed by atoms with van der Waals surface area (Å²) in [7, 11) is 0. The normalized spacial score (nSPS) is 34.1. The fraction of sp³-hybridized carbons (Fsp3) is 0.667. The van der Waals surface area contributed by atoms with Crippen LogP contribution >= 0.6 is 11.3 Å². The first kappa shape index (κ1) is 14.0. The number of carbonyl (C=O) groups is 1. The van der Waals surface area contributed by atoms with E-state index in [0.717, 1.165) is 25.9 Å². The summed E-state index contributed by atoms with van der Waals surface area (Å²) in [6, 6.07) is 4.31. The van der Waals surface area contributed by atoms with Gasteiger partial charge in [0.2, 0.25) is 5.91 Å². The van der Waals surface area contributed by atoms with Crippen molar-refractivity contribution in [3.8, 4) is 0 Å². The quantitative estimate of drug-likeness (QED) is 0.928. The Morgan fingerprint density at radius 3 is 3.00 bits per heavy atom. The van der Waals surface area contributed by atoms with Gasteiger partial charge in [0.1, 0.15) is 6.17 Å². The van der Waals surface area contributed by atoms with Crippen LogP contribution in [0.2, 0.25) is 0 Å². The third kappa shape index (κ3) is 2.38. The molecule has 0 aromatic carbocycles. The first-order valence-corrected chi connectivity index (χ1v) is 8.33. The van der Waals surface area contributed by atoms with Crippen molar-refractivity contribution in [3.63, 3.8) is 0 Å². The van der Waals surface area contributed by atoms with Crippen LogP contribution < -0.4 is 5.32 Å². The molecule has 5 heteroatoms. The second-order valence-corrected chi connectivity index (χ2v) is 6.58. The molecule has 2 aliphatic heterocycles. The van der Waals surface area contributed by atoms with Crippen LogP contribution in [0.25, 0.3) is 0 Å². The number of ether oxygens (including phenoxy) is 1. The van der Waals surface area contributed by atoms with Crippen molar-refractivity contribution < 1.29 is 9.53 Å². The summed E-state index contributed by atoms with van der Waals surface area (Å²) in [6.07, 6.45) is 3.01. The number of thiophene rings is 1. The van der Waals surface area contributed by atoms with Crippen molar-refractivity contribution in [2.45, 2.75) is 57.5 Å². The zero-order chi connectivity index (χ0) is 14.1. The predicted molar refractivity (Wildman–Crippen MR) is 79.6 cm³/mol. The number of hydrogen-bond donors (Lipinski definition) is 1. The Morgan fingerprint density at radius 2 is 2.40 bits per heavy atom. The van der Waals surface area contributed by atoms with Crippen molar-refractivity contribution in [2.24, 2.45) is 0 Å². The maximum Gasteiger partial charge on any atom is 0.241 e. The average Bonchev–Trinajstić information content (AvgIpc) is 3.12. The highest BCUT2D eigenvalue weighted by molar-refractivity contribution is 7.10. The molecule has 3 heterocycles. The molecule has 110 valence electrons. The van der Waals surface area contributed by atoms with Crippen LogP contribution in [0.5, 0.6) is 0 Å². The van der Waals surface area contributed by atoms with Crippen LogP contribution in [0, 0.1) is 0 Å². The van der Waals surface area contributed by atoms with Crippen LogP contribution in [0.15, 0.2) is 17.5 Å². The Bertz CT molecular complexity index is 462. The van der Waals surface area contributed by atoms with Crippen LogP contribution in [-0.4, -0.2) is 35.6 Å². The van der Waals surface area contributed by atoms with E-state index in [-0.39, 0.29) is 30.3 Å². The van der Waals surface area contributed by atoms with Gasteiger partial charge in [0.05, 0.1) is 18.2 Å². The summed E-state index contributed by atoms with van der Waals surface area (Å²) in [6.45, 7) is 4.95. The Hall–Kier alpha value is -0.910. The van der Waals surface area contributed by atoms with E-state index < -0.39 is 0 Å². The zero-order valence-electron chi connectivity index (χ0n) is 12.0. The molecule has 0 aliphatic carbocycles. The molecular weight excluding hydrogens is 272 g/mol. The summed E-state index contributed by atoms with van der Waals surface area (Å²) < 4.78 is 5.67. The van der Waals surface area contributed by atoms with Crippen molar-refractivity contribution >= 4 is 17.2 Å². The standard InChI is InChI=1S/C15H22N2O2S/c1-3-5-11-15(18)17(12-7-8-19-10(12)2)14(16-11)13-6-4-9-20-13/h4,6,9-12,14,16H,3,5,7-8H2,1-2H3. The molecule has 20 heavy (non-hydrogen) atoms. The third-order valence-corrected chi connectivity index (χ3v) is 5.20. The van der Waals surface area contributed by atoms with Gasteiger partial charge in [0.25, 0.3) is 0 Å². The zero-order valence-corrected chi connectivity index (χ0v) is 12.9. The lowest BCUT2D eigenvalue weighted by atomic mass is 10.1. The van der Waals surface area contributed by atoms with Gasteiger partial charge in [-0.15, -0.1) is 11.3 Å². The number of nitrogens with one attached hydrogen (secondary N) is 1. The lowest BCUT2D eigenvalue weighted by Gasteiger charge is -2.31. The van der Waals surface area contributed by atoms with E-state index in [0.29, 0.717) is 0 Å². The van der Waals surface area contributed by atoms with E-state index in [1.165, 1.54) is 4.88 Å². The third-order valence-electron chi connectivity index (χ3n) is 4.27. The molecule has 2 saturated heterocycles. The van der Waals surface area contributed by atoms with Gasteiger partial charge in [-0.1, -0.05) is 19.4 Å². The molecule has 4 atom stereocenters. The van der Waals surface area contributed by atoms with Gasteiger partial charge >= 0.3 is 0 Å². The van der Waals surface area contributed by atoms with Crippen LogP contribution in [-0.2, 0) is 9.53 Å². The molecule has 0 spiro atoms. The van der Waals surface area contributed by atoms with Crippen molar-refractivity contribution in [3.05, 3.63) is 22.4 Å². The lowest BCUT2D eigenvalue weighted by Crippen LogP contribution is -2.43. The smallest absolute Gasteiger partial charge is 0.241 e. The van der Waals surface area contributed by atoms with E-state index >= 15 is 0 Å². The maximum absolute atomic E-state index is 12.7. The van der Waals surface area contributed by atoms with E-state index in [2.05, 4.69) is 30.6 Å². The molecule has 1 amide bonds. The first-order chi connectivity index (χ1) is 9.72. The molecule has 4 nitrogen and oxygen atoms in total. The summed E-state index contributed by atoms with van der Waals surface area (Å²) in [5.74, 6) is 0.243. The number of nitrogens with zero attached hydrogens (tertiary/aromatic N) is 1. The highest BCUT2D eigenvalue weighted by atomic mass is 32.1. The first-order valence-electron chi connectivity index (χ1n) is 7.45. The van der Waals surface area contributed by atoms with Gasteiger partial charge in [0, 0.05) is 11.5 Å². The summed E-state index contributed by atoms with van der Waals surface area (Å²) >= 11 is 1.71. The lowest BCUT2D eigenvalue weighted by molar-refractivity contribution is -0.133. The van der Waals surface area contributed by atoms with E-state index in [9.17, 15) is 4.79 Å². The van der Waals surface area contributed by atoms with Crippen LogP contribution in [0.3, 0.4) is 0 Å². The topological polar surface area (TPSA) is 41.6 Å². The molecule has 2 aliphatic rings. The highest BCUT2D eigenvalue weighted by Gasteiger charge is 2.46. The largest absolute Gasteiger partial charge is 0.376 e. The molecular formula is C15H22N2O2S. The van der Waals surface area contributed by atoms with E-state index in [4.69, 9.17) is 4.74 Å². The molecule has 0 bridgehead atoms. The fourth-order valence-electron chi connectivity index (χ4n) is 3.25. The second kappa shape index (κ2) is 5.84. The Kier molecular flexibility index (Phi) is 4.10. The van der Waals surface area contributed by atoms with E-state index in [1.54, 1.807) is 11.3 Å². The molecule has 2 fully saturated rings. The monoisotopic (exact) mass is 294 g/mol. The van der Waals surface area contributed by atoms with Gasteiger partial charge < -0.3 is 9.64 Å². The predicted octanol–water partition coefficient (Wildman–Crippen LogP) is 2.52. The minimum atomic E-state index is -0.0418. The Labute approximate surface area is 124 Å². The molecule has 0 radical (unpaired) electrons. The second-order valence-electron chi connectivity index (χ2n) is 5.60. The van der Waals surface area contributed by atoms with Crippen molar-refractivity contribution in [1.29, 1.82) is 0 Å².